The molecular weight excluding hydrogens is 200 g/mol. The van der Waals surface area contributed by atoms with E-state index in [-0.39, 0.29) is 0 Å². The summed E-state index contributed by atoms with van der Waals surface area (Å²) in [5.41, 5.74) is 1.10. The van der Waals surface area contributed by atoms with Crippen LogP contribution < -0.4 is 0 Å². The smallest absolute Gasteiger partial charge is 0.212 e. The summed E-state index contributed by atoms with van der Waals surface area (Å²) in [5, 5.41) is 13.4. The highest BCUT2D eigenvalue weighted by molar-refractivity contribution is 7.99. The molecule has 5 nitrogen and oxygen atoms in total. The Balaban J connectivity index is 2.23. The molecule has 0 unspecified atom stereocenters. The minimum atomic E-state index is 0.650. The molecule has 2 heterocycles. The maximum absolute atomic E-state index is 5.00. The van der Waals surface area contributed by atoms with Gasteiger partial charge in [0.25, 0.3) is 0 Å². The topological polar surface area (TPSA) is 52.3 Å². The van der Waals surface area contributed by atoms with Gasteiger partial charge in [-0.15, -0.1) is 10.2 Å². The van der Waals surface area contributed by atoms with Crippen molar-refractivity contribution in [2.75, 3.05) is 19.5 Å². The molecule has 0 saturated heterocycles. The Labute approximate surface area is 86.5 Å². The number of hydrogen-bond acceptors (Lipinski definition) is 5. The number of hydrogen-bond donors (Lipinski definition) is 0. The van der Waals surface area contributed by atoms with Crippen LogP contribution in [0.25, 0.3) is 0 Å². The molecule has 6 heteroatoms. The highest BCUT2D eigenvalue weighted by Gasteiger charge is 2.16. The highest BCUT2D eigenvalue weighted by atomic mass is 32.2. The van der Waals surface area contributed by atoms with Gasteiger partial charge in [-0.2, -0.15) is 9.78 Å². The van der Waals surface area contributed by atoms with Gasteiger partial charge in [0.05, 0.1) is 6.61 Å². The lowest BCUT2D eigenvalue weighted by molar-refractivity contribution is 0.199. The third kappa shape index (κ3) is 1.80. The quantitative estimate of drug-likeness (QED) is 0.743. The summed E-state index contributed by atoms with van der Waals surface area (Å²) < 4.78 is 6.80. The fourth-order valence-electron chi connectivity index (χ4n) is 1.20. The monoisotopic (exact) mass is 212 g/mol. The van der Waals surface area contributed by atoms with Gasteiger partial charge in [0.15, 0.2) is 5.82 Å². The number of nitrogens with zero attached hydrogens (tertiary/aromatic N) is 4. The van der Waals surface area contributed by atoms with Crippen LogP contribution in [-0.2, 0) is 11.2 Å². The lowest BCUT2D eigenvalue weighted by Gasteiger charge is -2.10. The summed E-state index contributed by atoms with van der Waals surface area (Å²) in [6.45, 7) is 2.66. The Kier molecular flexibility index (Phi) is 2.83. The molecule has 0 radical (unpaired) electrons. The molecule has 0 aromatic carbocycles. The van der Waals surface area contributed by atoms with E-state index < -0.39 is 0 Å². The fraction of sp³-hybridized carbons (Fsp3) is 0.625. The molecule has 14 heavy (non-hydrogen) atoms. The van der Waals surface area contributed by atoms with E-state index >= 15 is 0 Å². The second-order valence-electron chi connectivity index (χ2n) is 3.08. The number of rotatable bonds is 3. The third-order valence-corrected chi connectivity index (χ3v) is 2.96. The Hall–Kier alpha value is -0.880. The average molecular weight is 212 g/mol. The summed E-state index contributed by atoms with van der Waals surface area (Å²) in [4.78, 5) is 0. The van der Waals surface area contributed by atoms with E-state index in [1.807, 2.05) is 11.6 Å². The zero-order valence-electron chi connectivity index (χ0n) is 8.23. The van der Waals surface area contributed by atoms with Crippen LogP contribution in [0, 0.1) is 0 Å². The molecule has 0 saturated carbocycles. The van der Waals surface area contributed by atoms with E-state index in [4.69, 9.17) is 4.74 Å². The maximum atomic E-state index is 5.00. The van der Waals surface area contributed by atoms with Crippen LogP contribution in [0.1, 0.15) is 12.7 Å². The largest absolute Gasteiger partial charge is 0.384 e. The Morgan fingerprint density at radius 3 is 3.14 bits per heavy atom. The van der Waals surface area contributed by atoms with Gasteiger partial charge in [0, 0.05) is 25.0 Å². The molecule has 1 aromatic heterocycles. The molecular formula is C8H12N4OS. The molecule has 76 valence electrons. The van der Waals surface area contributed by atoms with Crippen molar-refractivity contribution in [2.45, 2.75) is 18.5 Å². The SMILES string of the molecule is COCCc1nnc2n1N=C(C)CS2. The predicted octanol–water partition coefficient (Wildman–Crippen LogP) is 0.797. The van der Waals surface area contributed by atoms with E-state index in [0.717, 1.165) is 28.9 Å². The van der Waals surface area contributed by atoms with E-state index in [9.17, 15) is 0 Å². The van der Waals surface area contributed by atoms with Crippen LogP contribution in [0.4, 0.5) is 0 Å². The minimum absolute atomic E-state index is 0.650. The number of methoxy groups -OCH3 is 1. The van der Waals surface area contributed by atoms with Gasteiger partial charge in [0.2, 0.25) is 5.16 Å². The van der Waals surface area contributed by atoms with E-state index in [0.29, 0.717) is 6.61 Å². The number of fused-ring (bicyclic) bond motifs is 1. The van der Waals surface area contributed by atoms with Crippen molar-refractivity contribution in [3.8, 4) is 0 Å². The van der Waals surface area contributed by atoms with Crippen LogP contribution in [-0.4, -0.2) is 40.1 Å². The molecule has 1 aliphatic heterocycles. The Bertz CT molecular complexity index is 360. The zero-order valence-corrected chi connectivity index (χ0v) is 9.04. The summed E-state index contributed by atoms with van der Waals surface area (Å²) in [6.07, 6.45) is 0.751. The molecule has 0 atom stereocenters. The van der Waals surface area contributed by atoms with Gasteiger partial charge in [-0.25, -0.2) is 0 Å². The third-order valence-electron chi connectivity index (χ3n) is 1.89. The molecule has 1 aromatic rings. The predicted molar refractivity (Wildman–Crippen MR) is 54.8 cm³/mol. The normalized spacial score (nSPS) is 15.1. The van der Waals surface area contributed by atoms with Gasteiger partial charge in [-0.1, -0.05) is 11.8 Å². The highest BCUT2D eigenvalue weighted by Crippen LogP contribution is 2.21. The van der Waals surface area contributed by atoms with E-state index in [1.165, 1.54) is 0 Å². The summed E-state index contributed by atoms with van der Waals surface area (Å²) in [5.74, 6) is 1.77. The zero-order chi connectivity index (χ0) is 9.97. The van der Waals surface area contributed by atoms with Crippen molar-refractivity contribution in [3.63, 3.8) is 0 Å². The summed E-state index contributed by atoms with van der Waals surface area (Å²) in [6, 6.07) is 0. The van der Waals surface area contributed by atoms with Crippen LogP contribution in [0.5, 0.6) is 0 Å². The average Bonchev–Trinajstić information content (AvgIpc) is 2.57. The van der Waals surface area contributed by atoms with Crippen LogP contribution in [0.3, 0.4) is 0 Å². The van der Waals surface area contributed by atoms with Crippen molar-refractivity contribution in [1.82, 2.24) is 14.9 Å². The molecule has 0 spiro atoms. The fourth-order valence-corrected chi connectivity index (χ4v) is 1.97. The molecule has 0 amide bonds. The lowest BCUT2D eigenvalue weighted by Crippen LogP contribution is -2.11. The summed E-state index contributed by atoms with van der Waals surface area (Å²) >= 11 is 1.67. The van der Waals surface area contributed by atoms with Gasteiger partial charge in [0.1, 0.15) is 0 Å². The first-order valence-electron chi connectivity index (χ1n) is 4.41. The lowest BCUT2D eigenvalue weighted by atomic mass is 10.4. The van der Waals surface area contributed by atoms with E-state index in [2.05, 4.69) is 15.3 Å². The minimum Gasteiger partial charge on any atom is -0.384 e. The first-order valence-corrected chi connectivity index (χ1v) is 5.40. The molecule has 0 fully saturated rings. The van der Waals surface area contributed by atoms with Gasteiger partial charge in [-0.05, 0) is 6.92 Å². The van der Waals surface area contributed by atoms with Gasteiger partial charge in [-0.3, -0.25) is 0 Å². The maximum Gasteiger partial charge on any atom is 0.212 e. The molecule has 2 rings (SSSR count). The first kappa shape index (κ1) is 9.67. The molecule has 0 bridgehead atoms. The Morgan fingerprint density at radius 2 is 2.36 bits per heavy atom. The number of thioether (sulfide) groups is 1. The Morgan fingerprint density at radius 1 is 1.50 bits per heavy atom. The molecule has 1 aliphatic rings. The van der Waals surface area contributed by atoms with Crippen molar-refractivity contribution in [1.29, 1.82) is 0 Å². The molecule has 0 aliphatic carbocycles. The van der Waals surface area contributed by atoms with E-state index in [1.54, 1.807) is 18.9 Å². The standard InChI is InChI=1S/C8H12N4OS/c1-6-5-14-8-10-9-7(3-4-13-2)12(8)11-6/h3-5H2,1-2H3. The van der Waals surface area contributed by atoms with Crippen molar-refractivity contribution >= 4 is 17.5 Å². The molecule has 0 N–H and O–H groups in total. The van der Waals surface area contributed by atoms with Crippen molar-refractivity contribution in [3.05, 3.63) is 5.82 Å². The van der Waals surface area contributed by atoms with Crippen molar-refractivity contribution < 1.29 is 4.74 Å². The number of ether oxygens (including phenoxy) is 1. The van der Waals surface area contributed by atoms with Gasteiger partial charge < -0.3 is 4.74 Å². The second kappa shape index (κ2) is 4.10. The van der Waals surface area contributed by atoms with Crippen LogP contribution >= 0.6 is 11.8 Å². The summed E-state index contributed by atoms with van der Waals surface area (Å²) in [7, 11) is 1.68. The first-order chi connectivity index (χ1) is 6.81. The van der Waals surface area contributed by atoms with Crippen LogP contribution in [0.2, 0.25) is 0 Å². The van der Waals surface area contributed by atoms with Crippen LogP contribution in [0.15, 0.2) is 10.3 Å². The number of aromatic nitrogens is 3. The van der Waals surface area contributed by atoms with Gasteiger partial charge >= 0.3 is 0 Å². The second-order valence-corrected chi connectivity index (χ2v) is 4.02. The van der Waals surface area contributed by atoms with Crippen molar-refractivity contribution in [2.24, 2.45) is 5.10 Å².